The smallest absolute Gasteiger partial charge is 0.240 e. The van der Waals surface area contributed by atoms with E-state index in [2.05, 4.69) is 16.5 Å². The second kappa shape index (κ2) is 7.09. The molecule has 0 bridgehead atoms. The first kappa shape index (κ1) is 16.2. The molecule has 1 aromatic rings. The standard InChI is InChI=1S/C15H24N4O/c1-5-15(6-2,11-16)14(20)17-8-7-9-19-13(4)10-12(3)18-19/h10H,5-9H2,1-4H3,(H,17,20). The van der Waals surface area contributed by atoms with E-state index in [-0.39, 0.29) is 5.91 Å². The van der Waals surface area contributed by atoms with Crippen molar-refractivity contribution in [2.24, 2.45) is 5.41 Å². The van der Waals surface area contributed by atoms with Gasteiger partial charge in [0, 0.05) is 18.8 Å². The van der Waals surface area contributed by atoms with Crippen molar-refractivity contribution in [1.29, 1.82) is 5.26 Å². The average molecular weight is 276 g/mol. The third-order valence-corrected chi connectivity index (χ3v) is 3.79. The van der Waals surface area contributed by atoms with Crippen LogP contribution in [0.3, 0.4) is 0 Å². The van der Waals surface area contributed by atoms with Crippen molar-refractivity contribution in [2.75, 3.05) is 6.54 Å². The summed E-state index contributed by atoms with van der Waals surface area (Å²) in [5.41, 5.74) is 1.26. The molecule has 110 valence electrons. The van der Waals surface area contributed by atoms with Gasteiger partial charge in [0.25, 0.3) is 0 Å². The molecule has 0 aliphatic rings. The fraction of sp³-hybridized carbons (Fsp3) is 0.667. The van der Waals surface area contributed by atoms with Crippen molar-refractivity contribution < 1.29 is 4.79 Å². The minimum atomic E-state index is -0.877. The summed E-state index contributed by atoms with van der Waals surface area (Å²) in [6.07, 6.45) is 1.90. The largest absolute Gasteiger partial charge is 0.355 e. The van der Waals surface area contributed by atoms with Crippen LogP contribution in [0.4, 0.5) is 0 Å². The van der Waals surface area contributed by atoms with E-state index < -0.39 is 5.41 Å². The number of amides is 1. The summed E-state index contributed by atoms with van der Waals surface area (Å²) in [4.78, 5) is 12.1. The Morgan fingerprint density at radius 3 is 2.55 bits per heavy atom. The van der Waals surface area contributed by atoms with Gasteiger partial charge in [-0.1, -0.05) is 13.8 Å². The van der Waals surface area contributed by atoms with Gasteiger partial charge in [0.05, 0.1) is 11.8 Å². The second-order valence-corrected chi connectivity index (χ2v) is 5.16. The van der Waals surface area contributed by atoms with Crippen LogP contribution in [-0.2, 0) is 11.3 Å². The van der Waals surface area contributed by atoms with E-state index in [4.69, 9.17) is 0 Å². The number of rotatable bonds is 7. The average Bonchev–Trinajstić information content (AvgIpc) is 2.76. The zero-order valence-corrected chi connectivity index (χ0v) is 12.9. The Labute approximate surface area is 121 Å². The van der Waals surface area contributed by atoms with Gasteiger partial charge in [0.1, 0.15) is 5.41 Å². The normalized spacial score (nSPS) is 11.2. The summed E-state index contributed by atoms with van der Waals surface area (Å²) in [5, 5.41) is 16.4. The van der Waals surface area contributed by atoms with E-state index in [1.165, 1.54) is 0 Å². The fourth-order valence-electron chi connectivity index (χ4n) is 2.28. The highest BCUT2D eigenvalue weighted by molar-refractivity contribution is 5.85. The highest BCUT2D eigenvalue weighted by atomic mass is 16.2. The zero-order valence-electron chi connectivity index (χ0n) is 12.9. The van der Waals surface area contributed by atoms with Crippen molar-refractivity contribution >= 4 is 5.91 Å². The van der Waals surface area contributed by atoms with Crippen molar-refractivity contribution in [1.82, 2.24) is 15.1 Å². The SMILES string of the molecule is CCC(C#N)(CC)C(=O)NCCCn1nc(C)cc1C. The van der Waals surface area contributed by atoms with E-state index in [0.29, 0.717) is 19.4 Å². The number of aromatic nitrogens is 2. The van der Waals surface area contributed by atoms with Crippen LogP contribution in [0.2, 0.25) is 0 Å². The van der Waals surface area contributed by atoms with E-state index >= 15 is 0 Å². The molecular weight excluding hydrogens is 252 g/mol. The van der Waals surface area contributed by atoms with Crippen LogP contribution < -0.4 is 5.32 Å². The molecule has 1 rings (SSSR count). The lowest BCUT2D eigenvalue weighted by Crippen LogP contribution is -2.40. The first-order chi connectivity index (χ1) is 9.49. The molecule has 0 fully saturated rings. The van der Waals surface area contributed by atoms with Gasteiger partial charge in [-0.3, -0.25) is 9.48 Å². The van der Waals surface area contributed by atoms with Crippen molar-refractivity contribution in [3.63, 3.8) is 0 Å². The van der Waals surface area contributed by atoms with Crippen LogP contribution in [0.15, 0.2) is 6.07 Å². The van der Waals surface area contributed by atoms with Gasteiger partial charge < -0.3 is 5.32 Å². The Bertz CT molecular complexity index is 494. The van der Waals surface area contributed by atoms with Crippen molar-refractivity contribution in [3.05, 3.63) is 17.5 Å². The van der Waals surface area contributed by atoms with Crippen LogP contribution in [0.5, 0.6) is 0 Å². The van der Waals surface area contributed by atoms with Crippen LogP contribution in [0.1, 0.15) is 44.5 Å². The topological polar surface area (TPSA) is 70.7 Å². The molecule has 0 atom stereocenters. The van der Waals surface area contributed by atoms with Gasteiger partial charge >= 0.3 is 0 Å². The Kier molecular flexibility index (Phi) is 5.75. The first-order valence-corrected chi connectivity index (χ1v) is 7.19. The summed E-state index contributed by atoms with van der Waals surface area (Å²) < 4.78 is 1.94. The summed E-state index contributed by atoms with van der Waals surface area (Å²) in [5.74, 6) is -0.154. The number of carbonyl (C=O) groups excluding carboxylic acids is 1. The predicted molar refractivity (Wildman–Crippen MR) is 78.0 cm³/mol. The van der Waals surface area contributed by atoms with Crippen LogP contribution in [-0.4, -0.2) is 22.2 Å². The Hall–Kier alpha value is -1.83. The maximum Gasteiger partial charge on any atom is 0.240 e. The van der Waals surface area contributed by atoms with E-state index in [0.717, 1.165) is 24.4 Å². The quantitative estimate of drug-likeness (QED) is 0.777. The molecule has 20 heavy (non-hydrogen) atoms. The molecule has 0 radical (unpaired) electrons. The molecule has 0 saturated heterocycles. The van der Waals surface area contributed by atoms with Gasteiger partial charge in [0.15, 0.2) is 0 Å². The zero-order chi connectivity index (χ0) is 15.2. The molecule has 1 aromatic heterocycles. The van der Waals surface area contributed by atoms with E-state index in [1.54, 1.807) is 0 Å². The lowest BCUT2D eigenvalue weighted by molar-refractivity contribution is -0.128. The molecular formula is C15H24N4O. The Morgan fingerprint density at radius 1 is 1.45 bits per heavy atom. The maximum atomic E-state index is 12.1. The molecule has 1 N–H and O–H groups in total. The van der Waals surface area contributed by atoms with Gasteiger partial charge in [-0.15, -0.1) is 0 Å². The molecule has 0 aliphatic heterocycles. The summed E-state index contributed by atoms with van der Waals surface area (Å²) in [6, 6.07) is 4.19. The lowest BCUT2D eigenvalue weighted by Gasteiger charge is -2.22. The van der Waals surface area contributed by atoms with Gasteiger partial charge in [-0.05, 0) is 39.2 Å². The number of nitrogens with one attached hydrogen (secondary N) is 1. The van der Waals surface area contributed by atoms with Gasteiger partial charge in [0.2, 0.25) is 5.91 Å². The molecule has 1 heterocycles. The fourth-order valence-corrected chi connectivity index (χ4v) is 2.28. The number of nitrogens with zero attached hydrogens (tertiary/aromatic N) is 3. The molecule has 5 heteroatoms. The molecule has 0 aromatic carbocycles. The highest BCUT2D eigenvalue weighted by Gasteiger charge is 2.34. The van der Waals surface area contributed by atoms with Crippen LogP contribution in [0.25, 0.3) is 0 Å². The highest BCUT2D eigenvalue weighted by Crippen LogP contribution is 2.25. The van der Waals surface area contributed by atoms with Gasteiger partial charge in [-0.25, -0.2) is 0 Å². The maximum absolute atomic E-state index is 12.1. The molecule has 1 amide bonds. The van der Waals surface area contributed by atoms with E-state index in [1.807, 2.05) is 38.4 Å². The molecule has 0 spiro atoms. The number of aryl methyl sites for hydroxylation is 3. The molecule has 5 nitrogen and oxygen atoms in total. The number of carbonyl (C=O) groups is 1. The number of hydrogen-bond acceptors (Lipinski definition) is 3. The molecule has 0 aliphatic carbocycles. The van der Waals surface area contributed by atoms with Gasteiger partial charge in [-0.2, -0.15) is 10.4 Å². The Balaban J connectivity index is 2.43. The summed E-state index contributed by atoms with van der Waals surface area (Å²) >= 11 is 0. The third-order valence-electron chi connectivity index (χ3n) is 3.79. The van der Waals surface area contributed by atoms with Crippen molar-refractivity contribution in [3.8, 4) is 6.07 Å². The number of nitriles is 1. The third kappa shape index (κ3) is 3.60. The summed E-state index contributed by atoms with van der Waals surface area (Å²) in [6.45, 7) is 9.09. The molecule has 0 saturated carbocycles. The minimum absolute atomic E-state index is 0.154. The molecule has 0 unspecified atom stereocenters. The predicted octanol–water partition coefficient (Wildman–Crippen LogP) is 2.34. The number of hydrogen-bond donors (Lipinski definition) is 1. The van der Waals surface area contributed by atoms with E-state index in [9.17, 15) is 10.1 Å². The van der Waals surface area contributed by atoms with Crippen LogP contribution in [0, 0.1) is 30.6 Å². The second-order valence-electron chi connectivity index (χ2n) is 5.16. The first-order valence-electron chi connectivity index (χ1n) is 7.19. The van der Waals surface area contributed by atoms with Crippen molar-refractivity contribution in [2.45, 2.75) is 53.5 Å². The monoisotopic (exact) mass is 276 g/mol. The van der Waals surface area contributed by atoms with Crippen LogP contribution >= 0.6 is 0 Å². The summed E-state index contributed by atoms with van der Waals surface area (Å²) in [7, 11) is 0. The minimum Gasteiger partial charge on any atom is -0.355 e. The Morgan fingerprint density at radius 2 is 2.10 bits per heavy atom. The lowest BCUT2D eigenvalue weighted by atomic mass is 9.83.